The van der Waals surface area contributed by atoms with Crippen molar-refractivity contribution in [3.8, 4) is 0 Å². The van der Waals surface area contributed by atoms with Gasteiger partial charge in [0.15, 0.2) is 10.8 Å². The van der Waals surface area contributed by atoms with Gasteiger partial charge in [-0.25, -0.2) is 40.9 Å². The highest BCUT2D eigenvalue weighted by Crippen LogP contribution is 2.43. The van der Waals surface area contributed by atoms with Gasteiger partial charge in [-0.3, -0.25) is 9.89 Å². The van der Waals surface area contributed by atoms with Gasteiger partial charge in [0.25, 0.3) is 5.92 Å². The lowest BCUT2D eigenvalue weighted by atomic mass is 9.92. The summed E-state index contributed by atoms with van der Waals surface area (Å²) in [5, 5.41) is 15.3. The molecule has 3 atom stereocenters. The minimum atomic E-state index is -3.90. The Kier molecular flexibility index (Phi) is 7.12. The van der Waals surface area contributed by atoms with Crippen molar-refractivity contribution in [3.63, 3.8) is 0 Å². The number of aliphatic carboxylic acids is 1. The van der Waals surface area contributed by atoms with E-state index in [2.05, 4.69) is 15.3 Å². The molecule has 16 heteroatoms. The summed E-state index contributed by atoms with van der Waals surface area (Å²) < 4.78 is 69.5. The fourth-order valence-electron chi connectivity index (χ4n) is 5.41. The van der Waals surface area contributed by atoms with Crippen molar-refractivity contribution < 1.29 is 36.3 Å². The Morgan fingerprint density at radius 1 is 1.30 bits per heavy atom. The first-order valence-electron chi connectivity index (χ1n) is 12.1. The number of sulfonamides is 1. The number of fused-ring (bicyclic) bond motifs is 1. The summed E-state index contributed by atoms with van der Waals surface area (Å²) in [6.45, 7) is -0.0168. The molecule has 0 bridgehead atoms. The van der Waals surface area contributed by atoms with Crippen LogP contribution in [0.15, 0.2) is 46.0 Å². The van der Waals surface area contributed by atoms with Gasteiger partial charge in [-0.05, 0) is 24.1 Å². The Morgan fingerprint density at radius 2 is 2.05 bits per heavy atom. The van der Waals surface area contributed by atoms with Crippen LogP contribution < -0.4 is 10.0 Å². The number of amides is 2. The van der Waals surface area contributed by atoms with Crippen LogP contribution in [0.2, 0.25) is 0 Å². The Hall–Kier alpha value is -3.50. The molecule has 2 amide bonds. The molecule has 3 aliphatic heterocycles. The summed E-state index contributed by atoms with van der Waals surface area (Å²) in [5.74, 6) is -6.21. The van der Waals surface area contributed by atoms with E-state index in [1.807, 2.05) is 0 Å². The molecule has 5 rings (SSSR count). The van der Waals surface area contributed by atoms with E-state index in [1.165, 1.54) is 41.5 Å². The molecule has 0 aliphatic carbocycles. The molecule has 0 spiro atoms. The molecule has 3 N–H and O–H groups in total. The number of carboxylic acids is 1. The van der Waals surface area contributed by atoms with E-state index in [-0.39, 0.29) is 42.3 Å². The molecule has 0 saturated carbocycles. The molecule has 1 aromatic heterocycles. The minimum Gasteiger partial charge on any atom is -0.478 e. The van der Waals surface area contributed by atoms with Crippen LogP contribution in [0.4, 0.5) is 18.0 Å². The van der Waals surface area contributed by atoms with E-state index in [9.17, 15) is 27.5 Å². The van der Waals surface area contributed by atoms with Crippen molar-refractivity contribution in [2.75, 3.05) is 32.4 Å². The van der Waals surface area contributed by atoms with Gasteiger partial charge in [-0.2, -0.15) is 0 Å². The van der Waals surface area contributed by atoms with Gasteiger partial charge < -0.3 is 15.3 Å². The first kappa shape index (κ1) is 28.0. The standard InChI is InChI=1S/C24H25F3N6O5S2/c1-12-13(4-3-5-15(12)25)19-18(22(34)35)16(29-20(30-19)21-28-6-7-39-21)9-33-11-24(26,27)14-8-32(10-17(14)33)23(36)31-40(2,37)38/h3-7,14,17,19H,8-11H2,1-2H3,(H,29,30)(H,31,36)(H,34,35). The molecule has 3 aliphatic rings. The van der Waals surface area contributed by atoms with Crippen LogP contribution in [0.3, 0.4) is 0 Å². The Bertz CT molecular complexity index is 1530. The number of aromatic nitrogens is 1. The molecular weight excluding hydrogens is 573 g/mol. The number of thiazole rings is 1. The van der Waals surface area contributed by atoms with Crippen LogP contribution in [0.25, 0.3) is 0 Å². The summed E-state index contributed by atoms with van der Waals surface area (Å²) in [6.07, 6.45) is 2.32. The maximum Gasteiger partial charge on any atom is 0.335 e. The highest BCUT2D eigenvalue weighted by molar-refractivity contribution is 7.89. The number of rotatable bonds is 6. The van der Waals surface area contributed by atoms with E-state index in [4.69, 9.17) is 0 Å². The number of urea groups is 1. The van der Waals surface area contributed by atoms with Crippen LogP contribution >= 0.6 is 11.3 Å². The monoisotopic (exact) mass is 598 g/mol. The van der Waals surface area contributed by atoms with Crippen LogP contribution in [0.1, 0.15) is 22.2 Å². The molecule has 214 valence electrons. The number of aliphatic imine (C=N–C) groups is 1. The second-order valence-corrected chi connectivity index (χ2v) is 12.6. The van der Waals surface area contributed by atoms with Crippen molar-refractivity contribution in [2.45, 2.75) is 24.9 Å². The van der Waals surface area contributed by atoms with Gasteiger partial charge in [0.1, 0.15) is 11.9 Å². The number of halogens is 3. The molecule has 0 radical (unpaired) electrons. The topological polar surface area (TPSA) is 144 Å². The predicted molar refractivity (Wildman–Crippen MR) is 139 cm³/mol. The number of amidine groups is 1. The van der Waals surface area contributed by atoms with Crippen LogP contribution in [-0.4, -0.2) is 90.5 Å². The zero-order valence-electron chi connectivity index (χ0n) is 21.3. The number of benzene rings is 1. The number of alkyl halides is 2. The summed E-state index contributed by atoms with van der Waals surface area (Å²) >= 11 is 1.23. The lowest BCUT2D eigenvalue weighted by Crippen LogP contribution is -2.46. The fraction of sp³-hybridized carbons (Fsp3) is 0.417. The second-order valence-electron chi connectivity index (χ2n) is 9.92. The van der Waals surface area contributed by atoms with Gasteiger partial charge in [0, 0.05) is 43.0 Å². The molecular formula is C24H25F3N6O5S2. The number of nitrogens with zero attached hydrogens (tertiary/aromatic N) is 4. The van der Waals surface area contributed by atoms with Gasteiger partial charge in [-0.15, -0.1) is 11.3 Å². The Balaban J connectivity index is 1.52. The van der Waals surface area contributed by atoms with Crippen LogP contribution in [0, 0.1) is 18.7 Å². The Labute approximate surface area is 231 Å². The Morgan fingerprint density at radius 3 is 2.70 bits per heavy atom. The third-order valence-electron chi connectivity index (χ3n) is 7.23. The molecule has 11 nitrogen and oxygen atoms in total. The van der Waals surface area contributed by atoms with Crippen LogP contribution in [-0.2, 0) is 14.8 Å². The minimum absolute atomic E-state index is 0.0804. The molecule has 40 heavy (non-hydrogen) atoms. The first-order valence-corrected chi connectivity index (χ1v) is 14.9. The van der Waals surface area contributed by atoms with E-state index in [1.54, 1.807) is 16.2 Å². The van der Waals surface area contributed by atoms with Crippen molar-refractivity contribution in [3.05, 3.63) is 63.0 Å². The van der Waals surface area contributed by atoms with E-state index in [0.717, 1.165) is 11.2 Å². The fourth-order valence-corrected chi connectivity index (χ4v) is 6.44. The van der Waals surface area contributed by atoms with Crippen LogP contribution in [0.5, 0.6) is 0 Å². The average Bonchev–Trinajstić information content (AvgIpc) is 3.58. The van der Waals surface area contributed by atoms with E-state index >= 15 is 8.78 Å². The molecule has 2 aromatic rings. The van der Waals surface area contributed by atoms with Crippen molar-refractivity contribution in [1.29, 1.82) is 0 Å². The lowest BCUT2D eigenvalue weighted by Gasteiger charge is -2.31. The van der Waals surface area contributed by atoms with Crippen molar-refractivity contribution >= 4 is 39.2 Å². The SMILES string of the molecule is Cc1c(F)cccc1C1N=C(c2nccs2)NC(CN2CC(F)(F)C3CN(C(=O)NS(C)(=O)=O)CC32)=C1C(=O)O. The number of carboxylic acid groups (broad SMARTS) is 1. The second kappa shape index (κ2) is 10.2. The van der Waals surface area contributed by atoms with Gasteiger partial charge in [-0.1, -0.05) is 12.1 Å². The lowest BCUT2D eigenvalue weighted by molar-refractivity contribution is -0.133. The maximum atomic E-state index is 15.1. The number of hydrogen-bond acceptors (Lipinski definition) is 9. The first-order chi connectivity index (χ1) is 18.7. The summed E-state index contributed by atoms with van der Waals surface area (Å²) in [5.41, 5.74) is 0.354. The number of carbonyl (C=O) groups excluding carboxylic acids is 1. The number of likely N-dealkylation sites (tertiary alicyclic amines) is 2. The van der Waals surface area contributed by atoms with Gasteiger partial charge >= 0.3 is 12.0 Å². The predicted octanol–water partition coefficient (Wildman–Crippen LogP) is 1.94. The molecule has 4 heterocycles. The van der Waals surface area contributed by atoms with Crippen molar-refractivity contribution in [2.24, 2.45) is 10.9 Å². The highest BCUT2D eigenvalue weighted by Gasteiger charge is 2.59. The third-order valence-corrected chi connectivity index (χ3v) is 8.56. The zero-order valence-corrected chi connectivity index (χ0v) is 22.9. The molecule has 3 unspecified atom stereocenters. The van der Waals surface area contributed by atoms with Gasteiger partial charge in [0.2, 0.25) is 10.0 Å². The summed E-state index contributed by atoms with van der Waals surface area (Å²) in [7, 11) is -3.90. The zero-order chi connectivity index (χ0) is 29.0. The summed E-state index contributed by atoms with van der Waals surface area (Å²) in [6, 6.07) is 1.22. The quantitative estimate of drug-likeness (QED) is 0.458. The summed E-state index contributed by atoms with van der Waals surface area (Å²) in [4.78, 5) is 36.1. The number of nitrogens with one attached hydrogen (secondary N) is 2. The largest absolute Gasteiger partial charge is 0.478 e. The smallest absolute Gasteiger partial charge is 0.335 e. The van der Waals surface area contributed by atoms with Gasteiger partial charge in [0.05, 0.1) is 24.3 Å². The normalized spacial score (nSPS) is 24.5. The number of carbonyl (C=O) groups is 2. The van der Waals surface area contributed by atoms with E-state index in [0.29, 0.717) is 10.6 Å². The number of hydrogen-bond donors (Lipinski definition) is 3. The third kappa shape index (κ3) is 5.30. The highest BCUT2D eigenvalue weighted by atomic mass is 32.2. The molecule has 2 fully saturated rings. The van der Waals surface area contributed by atoms with E-state index < -0.39 is 58.3 Å². The van der Waals surface area contributed by atoms with Crippen molar-refractivity contribution in [1.82, 2.24) is 24.8 Å². The average molecular weight is 599 g/mol. The molecule has 2 saturated heterocycles. The maximum absolute atomic E-state index is 15.1. The molecule has 1 aromatic carbocycles.